The number of benzene rings is 1. The van der Waals surface area contributed by atoms with E-state index in [-0.39, 0.29) is 22.4 Å². The largest absolute Gasteiger partial charge is 0.465 e. The molecular formula is C26H24ClFN6O3. The van der Waals surface area contributed by atoms with Crippen molar-refractivity contribution in [1.29, 1.82) is 0 Å². The van der Waals surface area contributed by atoms with Crippen molar-refractivity contribution in [2.24, 2.45) is 0 Å². The number of rotatable bonds is 5. The van der Waals surface area contributed by atoms with Gasteiger partial charge in [-0.2, -0.15) is 5.10 Å². The van der Waals surface area contributed by atoms with Crippen LogP contribution in [0.5, 0.6) is 0 Å². The van der Waals surface area contributed by atoms with Crippen molar-refractivity contribution in [3.05, 3.63) is 65.5 Å². The average Bonchev–Trinajstić information content (AvgIpc) is 3.20. The number of carboxylic acid groups (broad SMARTS) is 1. The van der Waals surface area contributed by atoms with Crippen molar-refractivity contribution < 1.29 is 19.0 Å². The number of ether oxygens (including phenoxy) is 1. The van der Waals surface area contributed by atoms with Crippen LogP contribution in [-0.2, 0) is 11.3 Å². The normalized spacial score (nSPS) is 15.4. The van der Waals surface area contributed by atoms with E-state index < -0.39 is 11.9 Å². The number of allylic oxidation sites excluding steroid dienone is 1. The van der Waals surface area contributed by atoms with Crippen molar-refractivity contribution in [2.75, 3.05) is 17.7 Å². The first-order valence-electron chi connectivity index (χ1n) is 11.5. The summed E-state index contributed by atoms with van der Waals surface area (Å²) in [6, 6.07) is 5.32. The van der Waals surface area contributed by atoms with Crippen LogP contribution in [0, 0.1) is 12.7 Å². The average molecular weight is 523 g/mol. The zero-order valence-electron chi connectivity index (χ0n) is 20.2. The minimum absolute atomic E-state index is 0.0575. The molecule has 190 valence electrons. The number of fused-ring (bicyclic) bond motifs is 2. The number of methoxy groups -OCH3 is 1. The van der Waals surface area contributed by atoms with E-state index in [9.17, 15) is 4.79 Å². The van der Waals surface area contributed by atoms with E-state index in [0.29, 0.717) is 40.1 Å². The molecule has 1 atom stereocenters. The number of hydrogen-bond acceptors (Lipinski definition) is 6. The fourth-order valence-corrected chi connectivity index (χ4v) is 4.76. The molecule has 0 radical (unpaired) electrons. The third kappa shape index (κ3) is 4.73. The van der Waals surface area contributed by atoms with Gasteiger partial charge < -0.3 is 15.2 Å². The lowest BCUT2D eigenvalue weighted by Crippen LogP contribution is -2.18. The van der Waals surface area contributed by atoms with Gasteiger partial charge in [-0.15, -0.1) is 0 Å². The lowest BCUT2D eigenvalue weighted by Gasteiger charge is -2.14. The van der Waals surface area contributed by atoms with Crippen LogP contribution >= 0.6 is 11.6 Å². The van der Waals surface area contributed by atoms with E-state index >= 15 is 4.39 Å². The van der Waals surface area contributed by atoms with Crippen LogP contribution in [0.4, 0.5) is 26.5 Å². The quantitative estimate of drug-likeness (QED) is 0.284. The highest BCUT2D eigenvalue weighted by Gasteiger charge is 2.21. The Labute approximate surface area is 217 Å². The maximum atomic E-state index is 15.3. The molecule has 0 fully saturated rings. The molecule has 11 heteroatoms. The zero-order valence-corrected chi connectivity index (χ0v) is 20.9. The minimum atomic E-state index is -1.24. The first kappa shape index (κ1) is 24.7. The number of nitrogens with one attached hydrogen (secondary N) is 2. The summed E-state index contributed by atoms with van der Waals surface area (Å²) in [5, 5.41) is 20.2. The van der Waals surface area contributed by atoms with Crippen molar-refractivity contribution >= 4 is 51.4 Å². The predicted molar refractivity (Wildman–Crippen MR) is 141 cm³/mol. The van der Waals surface area contributed by atoms with E-state index in [1.807, 2.05) is 10.7 Å². The molecule has 3 N–H and O–H groups in total. The van der Waals surface area contributed by atoms with Gasteiger partial charge in [-0.05, 0) is 48.4 Å². The molecule has 1 aliphatic rings. The Morgan fingerprint density at radius 1 is 1.24 bits per heavy atom. The second-order valence-electron chi connectivity index (χ2n) is 8.85. The molecule has 37 heavy (non-hydrogen) atoms. The summed E-state index contributed by atoms with van der Waals surface area (Å²) in [5.74, 6) is 0.457. The van der Waals surface area contributed by atoms with Crippen LogP contribution in [0.25, 0.3) is 27.5 Å². The summed E-state index contributed by atoms with van der Waals surface area (Å²) in [7, 11) is 1.69. The third-order valence-electron chi connectivity index (χ3n) is 6.52. The summed E-state index contributed by atoms with van der Waals surface area (Å²) in [4.78, 5) is 19.6. The van der Waals surface area contributed by atoms with E-state index in [2.05, 4.69) is 32.3 Å². The van der Waals surface area contributed by atoms with Crippen molar-refractivity contribution in [1.82, 2.24) is 19.7 Å². The van der Waals surface area contributed by atoms with Gasteiger partial charge in [-0.25, -0.2) is 14.2 Å². The number of nitrogens with zero attached hydrogens (tertiary/aromatic N) is 4. The molecule has 0 saturated carbocycles. The fourth-order valence-electron chi connectivity index (χ4n) is 4.50. The molecule has 1 amide bonds. The van der Waals surface area contributed by atoms with Gasteiger partial charge in [-0.1, -0.05) is 18.2 Å². The van der Waals surface area contributed by atoms with Crippen LogP contribution in [0.3, 0.4) is 0 Å². The second kappa shape index (κ2) is 9.79. The Morgan fingerprint density at radius 2 is 2.05 bits per heavy atom. The fraction of sp³-hybridized carbons (Fsp3) is 0.231. The van der Waals surface area contributed by atoms with Gasteiger partial charge in [0.25, 0.3) is 0 Å². The number of carbonyl (C=O) groups is 1. The van der Waals surface area contributed by atoms with Crippen molar-refractivity contribution in [3.63, 3.8) is 0 Å². The van der Waals surface area contributed by atoms with Crippen molar-refractivity contribution in [3.8, 4) is 11.1 Å². The summed E-state index contributed by atoms with van der Waals surface area (Å²) >= 11 is 6.39. The Hall–Kier alpha value is -4.02. The molecule has 5 rings (SSSR count). The molecule has 3 aromatic heterocycles. The minimum Gasteiger partial charge on any atom is -0.465 e. The molecule has 4 aromatic rings. The van der Waals surface area contributed by atoms with Crippen LogP contribution in [-0.4, -0.2) is 44.2 Å². The summed E-state index contributed by atoms with van der Waals surface area (Å²) in [6.07, 6.45) is 4.87. The molecule has 1 unspecified atom stereocenters. The predicted octanol–water partition coefficient (Wildman–Crippen LogP) is 6.25. The number of hydrogen-bond donors (Lipinski definition) is 3. The Balaban J connectivity index is 1.52. The van der Waals surface area contributed by atoms with Gasteiger partial charge in [0, 0.05) is 42.1 Å². The summed E-state index contributed by atoms with van der Waals surface area (Å²) in [5.41, 5.74) is 3.32. The van der Waals surface area contributed by atoms with Gasteiger partial charge in [0.05, 0.1) is 35.2 Å². The molecule has 9 nitrogen and oxygen atoms in total. The van der Waals surface area contributed by atoms with Gasteiger partial charge in [0.1, 0.15) is 11.6 Å². The smallest absolute Gasteiger partial charge is 0.409 e. The lowest BCUT2D eigenvalue weighted by atomic mass is 9.98. The highest BCUT2D eigenvalue weighted by Crippen LogP contribution is 2.38. The highest BCUT2D eigenvalue weighted by atomic mass is 35.5. The molecular weight excluding hydrogens is 499 g/mol. The number of pyridine rings is 2. The van der Waals surface area contributed by atoms with Crippen molar-refractivity contribution in [2.45, 2.75) is 32.4 Å². The summed E-state index contributed by atoms with van der Waals surface area (Å²) in [6.45, 7) is 6.49. The molecule has 1 aromatic carbocycles. The van der Waals surface area contributed by atoms with Crippen LogP contribution in [0.15, 0.2) is 43.4 Å². The monoisotopic (exact) mass is 522 g/mol. The Morgan fingerprint density at radius 3 is 2.81 bits per heavy atom. The maximum absolute atomic E-state index is 15.3. The third-order valence-corrected chi connectivity index (χ3v) is 6.89. The van der Waals surface area contributed by atoms with Crippen LogP contribution < -0.4 is 10.6 Å². The van der Waals surface area contributed by atoms with E-state index in [4.69, 9.17) is 21.4 Å². The first-order valence-corrected chi connectivity index (χ1v) is 11.9. The van der Waals surface area contributed by atoms with Gasteiger partial charge in [0.15, 0.2) is 5.82 Å². The standard InChI is InChI=1S/C26H24ClFN6O3/c1-13-4-5-16(37-3)12-34-21(13)8-23(33-34)32-22-7-15-6-17(25(28)24(27)19(15)10-30-22)18-9-29-11-20(14(18)2)31-26(35)36/h6-11,16,31H,1,4-5,12H2,2-3H3,(H,35,36)(H,30,32,33). The lowest BCUT2D eigenvalue weighted by molar-refractivity contribution is 0.0810. The Bertz CT molecular complexity index is 1550. The van der Waals surface area contributed by atoms with Crippen LogP contribution in [0.2, 0.25) is 5.02 Å². The first-order chi connectivity index (χ1) is 17.7. The van der Waals surface area contributed by atoms with Crippen LogP contribution in [0.1, 0.15) is 24.1 Å². The maximum Gasteiger partial charge on any atom is 0.409 e. The molecule has 1 aliphatic heterocycles. The number of aromatic nitrogens is 4. The number of amides is 1. The summed E-state index contributed by atoms with van der Waals surface area (Å²) < 4.78 is 22.7. The van der Waals surface area contributed by atoms with Gasteiger partial charge in [-0.3, -0.25) is 15.0 Å². The second-order valence-corrected chi connectivity index (χ2v) is 9.23. The SMILES string of the molecule is C=C1CCC(OC)Cn2nc(Nc3cc4cc(-c5cncc(NC(=O)O)c5C)c(F)c(Cl)c4cn3)cc21. The molecule has 0 saturated heterocycles. The van der Waals surface area contributed by atoms with E-state index in [1.165, 1.54) is 18.6 Å². The van der Waals surface area contributed by atoms with E-state index in [1.54, 1.807) is 26.2 Å². The Kier molecular flexibility index (Phi) is 6.53. The topological polar surface area (TPSA) is 114 Å². The molecule has 0 bridgehead atoms. The number of anilines is 3. The number of halogens is 2. The van der Waals surface area contributed by atoms with Gasteiger partial charge >= 0.3 is 6.09 Å². The molecule has 0 aliphatic carbocycles. The zero-order chi connectivity index (χ0) is 26.3. The van der Waals surface area contributed by atoms with Gasteiger partial charge in [0.2, 0.25) is 0 Å². The van der Waals surface area contributed by atoms with E-state index in [0.717, 1.165) is 24.1 Å². The highest BCUT2D eigenvalue weighted by molar-refractivity contribution is 6.36. The molecule has 4 heterocycles. The molecule has 0 spiro atoms.